The molecule has 1 aromatic heterocycles. The van der Waals surface area contributed by atoms with Gasteiger partial charge in [-0.25, -0.2) is 4.98 Å². The summed E-state index contributed by atoms with van der Waals surface area (Å²) in [5.41, 5.74) is 2.32. The fourth-order valence-corrected chi connectivity index (χ4v) is 1.13. The Morgan fingerprint density at radius 1 is 1.67 bits per heavy atom. The third-order valence-electron chi connectivity index (χ3n) is 1.32. The maximum Gasteiger partial charge on any atom is 0.0839 e. The predicted molar refractivity (Wildman–Crippen MR) is 42.2 cm³/mol. The summed E-state index contributed by atoms with van der Waals surface area (Å²) in [6.45, 7) is 4.30. The second-order valence-electron chi connectivity index (χ2n) is 2.57. The van der Waals surface area contributed by atoms with E-state index in [2.05, 4.69) is 23.8 Å². The lowest BCUT2D eigenvalue weighted by Gasteiger charge is -1.94. The summed E-state index contributed by atoms with van der Waals surface area (Å²) in [7, 11) is 1.02. The molecule has 0 fully saturated rings. The Labute approximate surface area is 58.1 Å². The second-order valence-corrected chi connectivity index (χ2v) is 3.51. The number of aromatic nitrogens is 2. The first-order valence-corrected chi connectivity index (χ1v) is 4.22. The van der Waals surface area contributed by atoms with Gasteiger partial charge in [-0.1, -0.05) is 13.8 Å². The first-order chi connectivity index (χ1) is 4.20. The summed E-state index contributed by atoms with van der Waals surface area (Å²) >= 11 is 0. The van der Waals surface area contributed by atoms with E-state index >= 15 is 0 Å². The van der Waals surface area contributed by atoms with Gasteiger partial charge in [0.25, 0.3) is 0 Å². The molecule has 0 aromatic carbocycles. The zero-order valence-corrected chi connectivity index (χ0v) is 8.10. The third kappa shape index (κ3) is 1.42. The van der Waals surface area contributed by atoms with Gasteiger partial charge >= 0.3 is 0 Å². The fraction of sp³-hybridized carbons (Fsp3) is 0.500. The highest BCUT2D eigenvalue weighted by Gasteiger charge is 1.99. The minimum Gasteiger partial charge on any atom is -0.353 e. The first kappa shape index (κ1) is 6.55. The van der Waals surface area contributed by atoms with Gasteiger partial charge < -0.3 is 4.98 Å². The van der Waals surface area contributed by atoms with Crippen molar-refractivity contribution in [3.8, 4) is 0 Å². The van der Waals surface area contributed by atoms with E-state index in [0.29, 0.717) is 5.92 Å². The molecule has 0 aliphatic rings. The fourth-order valence-electron chi connectivity index (χ4n) is 0.732. The largest absolute Gasteiger partial charge is 0.353 e. The topological polar surface area (TPSA) is 28.7 Å². The Hall–Kier alpha value is -0.573. The number of imidazole rings is 1. The molecule has 0 amide bonds. The molecule has 2 nitrogen and oxygen atoms in total. The van der Waals surface area contributed by atoms with Crippen LogP contribution in [0.4, 0.5) is 0 Å². The standard InChI is InChI=1S/C6H12N2Si/c1-4(2)5-3-7-6(9)8-5/h3-4H,1-2,9H3,(H,7,8). The van der Waals surface area contributed by atoms with Crippen LogP contribution in [0.1, 0.15) is 25.5 Å². The number of nitrogens with one attached hydrogen (secondary N) is 1. The molecule has 0 aliphatic heterocycles. The number of rotatable bonds is 1. The summed E-state index contributed by atoms with van der Waals surface area (Å²) in [6, 6.07) is 0. The van der Waals surface area contributed by atoms with Gasteiger partial charge in [-0.2, -0.15) is 0 Å². The number of hydrogen-bond donors (Lipinski definition) is 1. The van der Waals surface area contributed by atoms with Gasteiger partial charge in [0, 0.05) is 6.20 Å². The van der Waals surface area contributed by atoms with Crippen LogP contribution in [0.25, 0.3) is 0 Å². The van der Waals surface area contributed by atoms with Crippen LogP contribution in [0, 0.1) is 0 Å². The van der Waals surface area contributed by atoms with E-state index in [-0.39, 0.29) is 0 Å². The van der Waals surface area contributed by atoms with E-state index in [1.54, 1.807) is 0 Å². The lowest BCUT2D eigenvalue weighted by Crippen LogP contribution is -2.06. The molecule has 0 saturated carbocycles. The van der Waals surface area contributed by atoms with Gasteiger partial charge in [0.05, 0.1) is 21.4 Å². The minimum atomic E-state index is 0.559. The van der Waals surface area contributed by atoms with Gasteiger partial charge in [-0.3, -0.25) is 0 Å². The highest BCUT2D eigenvalue weighted by atomic mass is 28.1. The Morgan fingerprint density at radius 2 is 2.33 bits per heavy atom. The summed E-state index contributed by atoms with van der Waals surface area (Å²) < 4.78 is 0. The van der Waals surface area contributed by atoms with Crippen molar-refractivity contribution in [3.63, 3.8) is 0 Å². The highest BCUT2D eigenvalue weighted by molar-refractivity contribution is 6.29. The average Bonchev–Trinajstić information content (AvgIpc) is 2.14. The maximum atomic E-state index is 4.32. The smallest absolute Gasteiger partial charge is 0.0839 e. The van der Waals surface area contributed by atoms with Gasteiger partial charge in [-0.15, -0.1) is 0 Å². The van der Waals surface area contributed by atoms with Gasteiger partial charge in [0.2, 0.25) is 0 Å². The molecule has 9 heavy (non-hydrogen) atoms. The van der Waals surface area contributed by atoms with E-state index < -0.39 is 0 Å². The summed E-state index contributed by atoms with van der Waals surface area (Å²) in [5.74, 6) is 0.559. The molecule has 0 spiro atoms. The van der Waals surface area contributed by atoms with Crippen molar-refractivity contribution >= 4 is 15.7 Å². The molecular weight excluding hydrogens is 128 g/mol. The lowest BCUT2D eigenvalue weighted by atomic mass is 10.2. The number of H-pyrrole nitrogens is 1. The van der Waals surface area contributed by atoms with Crippen LogP contribution in [0.15, 0.2) is 6.20 Å². The number of hydrogen-bond acceptors (Lipinski definition) is 1. The molecule has 1 aromatic rings. The Balaban J connectivity index is 2.85. The Kier molecular flexibility index (Phi) is 1.71. The van der Waals surface area contributed by atoms with Crippen molar-refractivity contribution in [1.82, 2.24) is 9.97 Å². The van der Waals surface area contributed by atoms with Gasteiger partial charge in [-0.05, 0) is 5.92 Å². The van der Waals surface area contributed by atoms with E-state index in [0.717, 1.165) is 15.7 Å². The molecule has 3 heteroatoms. The van der Waals surface area contributed by atoms with Crippen molar-refractivity contribution in [2.45, 2.75) is 19.8 Å². The molecule has 1 rings (SSSR count). The molecule has 0 unspecified atom stereocenters. The molecule has 1 heterocycles. The Morgan fingerprint density at radius 3 is 2.56 bits per heavy atom. The molecule has 0 saturated heterocycles. The molecule has 0 aliphatic carbocycles. The van der Waals surface area contributed by atoms with Crippen LogP contribution in [0.3, 0.4) is 0 Å². The molecule has 1 N–H and O–H groups in total. The van der Waals surface area contributed by atoms with Crippen LogP contribution in [-0.4, -0.2) is 20.2 Å². The highest BCUT2D eigenvalue weighted by Crippen LogP contribution is 2.06. The summed E-state index contributed by atoms with van der Waals surface area (Å²) in [5, 5.41) is 0. The molecule has 0 atom stereocenters. The van der Waals surface area contributed by atoms with Gasteiger partial charge in [0.1, 0.15) is 0 Å². The summed E-state index contributed by atoms with van der Waals surface area (Å²) in [4.78, 5) is 7.42. The molecular formula is C6H12N2Si. The maximum absolute atomic E-state index is 4.32. The lowest BCUT2D eigenvalue weighted by molar-refractivity contribution is 0.834. The van der Waals surface area contributed by atoms with Crippen molar-refractivity contribution in [2.24, 2.45) is 0 Å². The van der Waals surface area contributed by atoms with Crippen LogP contribution in [0.2, 0.25) is 0 Å². The predicted octanol–water partition coefficient (Wildman–Crippen LogP) is -0.476. The number of nitrogens with zero attached hydrogens (tertiary/aromatic N) is 1. The third-order valence-corrected chi connectivity index (χ3v) is 1.83. The second kappa shape index (κ2) is 2.35. The van der Waals surface area contributed by atoms with Crippen molar-refractivity contribution < 1.29 is 0 Å². The van der Waals surface area contributed by atoms with E-state index in [1.807, 2.05) is 6.20 Å². The van der Waals surface area contributed by atoms with Crippen molar-refractivity contribution in [3.05, 3.63) is 11.9 Å². The quantitative estimate of drug-likeness (QED) is 0.525. The molecule has 0 radical (unpaired) electrons. The zero-order valence-electron chi connectivity index (χ0n) is 6.10. The van der Waals surface area contributed by atoms with Crippen LogP contribution < -0.4 is 5.45 Å². The van der Waals surface area contributed by atoms with Crippen LogP contribution in [-0.2, 0) is 0 Å². The SMILES string of the molecule is CC(C)c1c[nH]c([SiH3])n1. The Bertz CT molecular complexity index is 193. The molecule has 50 valence electrons. The zero-order chi connectivity index (χ0) is 6.85. The van der Waals surface area contributed by atoms with E-state index in [9.17, 15) is 0 Å². The number of aromatic amines is 1. The normalized spacial score (nSPS) is 11.0. The van der Waals surface area contributed by atoms with Gasteiger partial charge in [0.15, 0.2) is 0 Å². The van der Waals surface area contributed by atoms with Crippen LogP contribution in [0.5, 0.6) is 0 Å². The monoisotopic (exact) mass is 140 g/mol. The van der Waals surface area contributed by atoms with E-state index in [4.69, 9.17) is 0 Å². The van der Waals surface area contributed by atoms with Crippen molar-refractivity contribution in [2.75, 3.05) is 0 Å². The minimum absolute atomic E-state index is 0.559. The van der Waals surface area contributed by atoms with Crippen molar-refractivity contribution in [1.29, 1.82) is 0 Å². The van der Waals surface area contributed by atoms with Crippen LogP contribution >= 0.6 is 0 Å². The average molecular weight is 140 g/mol. The first-order valence-electron chi connectivity index (χ1n) is 3.22. The summed E-state index contributed by atoms with van der Waals surface area (Å²) in [6.07, 6.45) is 1.99. The van der Waals surface area contributed by atoms with E-state index in [1.165, 1.54) is 5.69 Å². The molecule has 0 bridgehead atoms.